The third-order valence-electron chi connectivity index (χ3n) is 3.71. The van der Waals surface area contributed by atoms with Crippen molar-refractivity contribution in [1.29, 1.82) is 0 Å². The van der Waals surface area contributed by atoms with Crippen LogP contribution >= 0.6 is 0 Å². The number of nitrogens with zero attached hydrogens (tertiary/aromatic N) is 1. The summed E-state index contributed by atoms with van der Waals surface area (Å²) < 4.78 is 5.58. The molecule has 2 atom stereocenters. The first-order valence-electron chi connectivity index (χ1n) is 6.66. The van der Waals surface area contributed by atoms with Crippen molar-refractivity contribution >= 4 is 11.9 Å². The molecule has 1 heterocycles. The van der Waals surface area contributed by atoms with Crippen LogP contribution < -0.4 is 4.74 Å². The number of hydrogen-bond donors (Lipinski definition) is 1. The second-order valence-electron chi connectivity index (χ2n) is 5.45. The SMILES string of the molecule is CC(Oc1ccccc1)C(=O)N1CCC(C)(C(=O)O)C1. The second kappa shape index (κ2) is 5.53. The van der Waals surface area contributed by atoms with E-state index >= 15 is 0 Å². The number of ether oxygens (including phenoxy) is 1. The fourth-order valence-electron chi connectivity index (χ4n) is 2.33. The molecule has 2 unspecified atom stereocenters. The van der Waals surface area contributed by atoms with E-state index in [1.54, 1.807) is 30.9 Å². The number of amides is 1. The summed E-state index contributed by atoms with van der Waals surface area (Å²) in [5.74, 6) is -0.392. The van der Waals surface area contributed by atoms with Crippen LogP contribution in [0.25, 0.3) is 0 Å². The minimum atomic E-state index is -0.857. The number of carbonyl (C=O) groups excluding carboxylic acids is 1. The lowest BCUT2D eigenvalue weighted by Gasteiger charge is -2.23. The van der Waals surface area contributed by atoms with Crippen molar-refractivity contribution in [3.8, 4) is 5.75 Å². The number of carboxylic acids is 1. The Kier molecular flexibility index (Phi) is 3.97. The summed E-state index contributed by atoms with van der Waals surface area (Å²) in [6.07, 6.45) is -0.139. The highest BCUT2D eigenvalue weighted by Gasteiger charge is 2.43. The standard InChI is InChI=1S/C15H19NO4/c1-11(20-12-6-4-3-5-7-12)13(17)16-9-8-15(2,10-16)14(18)19/h3-7,11H,8-10H2,1-2H3,(H,18,19). The lowest BCUT2D eigenvalue weighted by atomic mass is 9.90. The molecule has 108 valence electrons. The second-order valence-corrected chi connectivity index (χ2v) is 5.45. The first-order chi connectivity index (χ1) is 9.42. The van der Waals surface area contributed by atoms with E-state index in [-0.39, 0.29) is 12.5 Å². The third kappa shape index (κ3) is 2.92. The van der Waals surface area contributed by atoms with Gasteiger partial charge in [0.2, 0.25) is 0 Å². The molecule has 1 aliphatic rings. The van der Waals surface area contributed by atoms with Gasteiger partial charge < -0.3 is 14.7 Å². The van der Waals surface area contributed by atoms with Crippen molar-refractivity contribution in [2.24, 2.45) is 5.41 Å². The number of carbonyl (C=O) groups is 2. The van der Waals surface area contributed by atoms with Gasteiger partial charge in [0, 0.05) is 13.1 Å². The number of likely N-dealkylation sites (tertiary alicyclic amines) is 1. The molecule has 0 bridgehead atoms. The quantitative estimate of drug-likeness (QED) is 0.911. The molecular weight excluding hydrogens is 258 g/mol. The smallest absolute Gasteiger partial charge is 0.311 e. The fraction of sp³-hybridized carbons (Fsp3) is 0.467. The van der Waals surface area contributed by atoms with Crippen molar-refractivity contribution in [3.05, 3.63) is 30.3 Å². The minimum Gasteiger partial charge on any atom is -0.481 e. The van der Waals surface area contributed by atoms with E-state index in [1.807, 2.05) is 18.2 Å². The van der Waals surface area contributed by atoms with Gasteiger partial charge in [-0.15, -0.1) is 0 Å². The Morgan fingerprint density at radius 1 is 1.35 bits per heavy atom. The van der Waals surface area contributed by atoms with Gasteiger partial charge in [0.05, 0.1) is 5.41 Å². The molecule has 5 heteroatoms. The molecule has 1 saturated heterocycles. The number of hydrogen-bond acceptors (Lipinski definition) is 3. The first kappa shape index (κ1) is 14.4. The van der Waals surface area contributed by atoms with E-state index in [9.17, 15) is 14.7 Å². The fourth-order valence-corrected chi connectivity index (χ4v) is 2.33. The topological polar surface area (TPSA) is 66.8 Å². The van der Waals surface area contributed by atoms with Crippen LogP contribution in [0.2, 0.25) is 0 Å². The maximum absolute atomic E-state index is 12.3. The Bertz CT molecular complexity index is 502. The van der Waals surface area contributed by atoms with E-state index in [2.05, 4.69) is 0 Å². The van der Waals surface area contributed by atoms with Crippen LogP contribution in [-0.4, -0.2) is 41.1 Å². The van der Waals surface area contributed by atoms with E-state index in [0.717, 1.165) is 0 Å². The summed E-state index contributed by atoms with van der Waals surface area (Å²) in [5, 5.41) is 9.18. The molecule has 1 aromatic carbocycles. The highest BCUT2D eigenvalue weighted by molar-refractivity contribution is 5.83. The van der Waals surface area contributed by atoms with Gasteiger partial charge in [0.25, 0.3) is 5.91 Å². The van der Waals surface area contributed by atoms with Gasteiger partial charge in [-0.2, -0.15) is 0 Å². The minimum absolute atomic E-state index is 0.168. The summed E-state index contributed by atoms with van der Waals surface area (Å²) in [7, 11) is 0. The number of aliphatic carboxylic acids is 1. The molecule has 1 aromatic rings. The van der Waals surface area contributed by atoms with E-state index in [4.69, 9.17) is 4.74 Å². The van der Waals surface area contributed by atoms with Gasteiger partial charge in [0.15, 0.2) is 6.10 Å². The molecule has 1 N–H and O–H groups in total. The van der Waals surface area contributed by atoms with Crippen LogP contribution in [-0.2, 0) is 9.59 Å². The van der Waals surface area contributed by atoms with Crippen LogP contribution in [0.4, 0.5) is 0 Å². The van der Waals surface area contributed by atoms with Crippen molar-refractivity contribution < 1.29 is 19.4 Å². The molecule has 5 nitrogen and oxygen atoms in total. The van der Waals surface area contributed by atoms with Crippen LogP contribution in [0, 0.1) is 5.41 Å². The van der Waals surface area contributed by atoms with Gasteiger partial charge in [-0.1, -0.05) is 18.2 Å². The van der Waals surface area contributed by atoms with Crippen LogP contribution in [0.1, 0.15) is 20.3 Å². The monoisotopic (exact) mass is 277 g/mol. The predicted octanol–water partition coefficient (Wildman–Crippen LogP) is 1.78. The molecule has 0 radical (unpaired) electrons. The van der Waals surface area contributed by atoms with Crippen molar-refractivity contribution in [2.75, 3.05) is 13.1 Å². The van der Waals surface area contributed by atoms with Crippen molar-refractivity contribution in [1.82, 2.24) is 4.90 Å². The number of rotatable bonds is 4. The average Bonchev–Trinajstić information content (AvgIpc) is 2.83. The maximum atomic E-state index is 12.3. The highest BCUT2D eigenvalue weighted by atomic mass is 16.5. The normalized spacial score (nSPS) is 23.4. The zero-order valence-electron chi connectivity index (χ0n) is 11.7. The van der Waals surface area contributed by atoms with Crippen molar-refractivity contribution in [2.45, 2.75) is 26.4 Å². The average molecular weight is 277 g/mol. The van der Waals surface area contributed by atoms with Gasteiger partial charge in [-0.25, -0.2) is 0 Å². The lowest BCUT2D eigenvalue weighted by Crippen LogP contribution is -2.41. The Labute approximate surface area is 118 Å². The molecule has 2 rings (SSSR count). The largest absolute Gasteiger partial charge is 0.481 e. The molecule has 20 heavy (non-hydrogen) atoms. The Hall–Kier alpha value is -2.04. The lowest BCUT2D eigenvalue weighted by molar-refractivity contribution is -0.147. The molecule has 0 aliphatic carbocycles. The van der Waals surface area contributed by atoms with Gasteiger partial charge in [-0.3, -0.25) is 9.59 Å². The molecule has 1 amide bonds. The number of benzene rings is 1. The van der Waals surface area contributed by atoms with E-state index in [0.29, 0.717) is 18.7 Å². The van der Waals surface area contributed by atoms with Gasteiger partial charge >= 0.3 is 5.97 Å². The number of para-hydroxylation sites is 1. The molecule has 0 spiro atoms. The number of carboxylic acid groups (broad SMARTS) is 1. The summed E-state index contributed by atoms with van der Waals surface area (Å²) >= 11 is 0. The van der Waals surface area contributed by atoms with Crippen molar-refractivity contribution in [3.63, 3.8) is 0 Å². The molecule has 0 saturated carbocycles. The predicted molar refractivity (Wildman–Crippen MR) is 73.5 cm³/mol. The molecular formula is C15H19NO4. The van der Waals surface area contributed by atoms with Crippen LogP contribution in [0.3, 0.4) is 0 Å². The Balaban J connectivity index is 1.97. The third-order valence-corrected chi connectivity index (χ3v) is 3.71. The first-order valence-corrected chi connectivity index (χ1v) is 6.66. The summed E-state index contributed by atoms with van der Waals surface area (Å²) in [6, 6.07) is 9.12. The zero-order chi connectivity index (χ0) is 14.8. The van der Waals surface area contributed by atoms with Gasteiger partial charge in [0.1, 0.15) is 5.75 Å². The Morgan fingerprint density at radius 3 is 2.55 bits per heavy atom. The van der Waals surface area contributed by atoms with Gasteiger partial charge in [-0.05, 0) is 32.4 Å². The zero-order valence-corrected chi connectivity index (χ0v) is 11.7. The van der Waals surface area contributed by atoms with Crippen LogP contribution in [0.15, 0.2) is 30.3 Å². The molecule has 1 fully saturated rings. The summed E-state index contributed by atoms with van der Waals surface area (Å²) in [6.45, 7) is 4.06. The maximum Gasteiger partial charge on any atom is 0.311 e. The van der Waals surface area contributed by atoms with E-state index in [1.165, 1.54) is 0 Å². The molecule has 1 aliphatic heterocycles. The van der Waals surface area contributed by atoms with E-state index < -0.39 is 17.5 Å². The molecule has 0 aromatic heterocycles. The highest BCUT2D eigenvalue weighted by Crippen LogP contribution is 2.30. The Morgan fingerprint density at radius 2 is 2.00 bits per heavy atom. The van der Waals surface area contributed by atoms with Crippen LogP contribution in [0.5, 0.6) is 5.75 Å². The summed E-state index contributed by atoms with van der Waals surface area (Å²) in [5.41, 5.74) is -0.845. The summed E-state index contributed by atoms with van der Waals surface area (Å²) in [4.78, 5) is 25.0.